The van der Waals surface area contributed by atoms with E-state index < -0.39 is 0 Å². The molecule has 3 aromatic rings. The van der Waals surface area contributed by atoms with Crippen molar-refractivity contribution >= 4 is 17.7 Å². The first kappa shape index (κ1) is 21.1. The van der Waals surface area contributed by atoms with Crippen LogP contribution in [-0.4, -0.2) is 32.4 Å². The zero-order chi connectivity index (χ0) is 20.6. The topological polar surface area (TPSA) is 70.7 Å². The van der Waals surface area contributed by atoms with Crippen LogP contribution in [0.2, 0.25) is 0 Å². The first-order valence-corrected chi connectivity index (χ1v) is 11.0. The van der Waals surface area contributed by atoms with Crippen LogP contribution >= 0.6 is 11.8 Å². The predicted molar refractivity (Wildman–Crippen MR) is 119 cm³/mol. The molecule has 0 spiro atoms. The molecule has 0 aliphatic carbocycles. The number of rotatable bonds is 9. The standard InChI is InChI=1S/C23H28N4OS/c1-4-18-12-14-20(15-13-18)21-25-23(27-26-21)29-17(3)22(28)24-16(2)10-11-19-8-6-5-7-9-19/h5-9,12-17H,4,10-11H2,1-3H3,(H,24,28)(H,25,26,27)/t16-,17+/m1/s1. The summed E-state index contributed by atoms with van der Waals surface area (Å²) in [6, 6.07) is 18.7. The highest BCUT2D eigenvalue weighted by molar-refractivity contribution is 8.00. The summed E-state index contributed by atoms with van der Waals surface area (Å²) >= 11 is 1.37. The van der Waals surface area contributed by atoms with E-state index in [4.69, 9.17) is 0 Å². The number of hydrogen-bond acceptors (Lipinski definition) is 4. The van der Waals surface area contributed by atoms with Gasteiger partial charge in [-0.15, -0.1) is 5.10 Å². The fraction of sp³-hybridized carbons (Fsp3) is 0.348. The molecule has 0 fully saturated rings. The molecule has 0 saturated carbocycles. The minimum Gasteiger partial charge on any atom is -0.353 e. The zero-order valence-corrected chi connectivity index (χ0v) is 18.0. The molecule has 0 aliphatic rings. The van der Waals surface area contributed by atoms with Crippen molar-refractivity contribution in [2.24, 2.45) is 0 Å². The van der Waals surface area contributed by atoms with Crippen LogP contribution in [0.25, 0.3) is 11.4 Å². The van der Waals surface area contributed by atoms with Crippen molar-refractivity contribution < 1.29 is 4.79 Å². The van der Waals surface area contributed by atoms with E-state index in [9.17, 15) is 4.79 Å². The van der Waals surface area contributed by atoms with E-state index in [2.05, 4.69) is 51.7 Å². The molecule has 1 amide bonds. The summed E-state index contributed by atoms with van der Waals surface area (Å²) in [4.78, 5) is 17.0. The van der Waals surface area contributed by atoms with Gasteiger partial charge in [-0.1, -0.05) is 73.3 Å². The maximum atomic E-state index is 12.5. The van der Waals surface area contributed by atoms with Gasteiger partial charge in [0.25, 0.3) is 0 Å². The van der Waals surface area contributed by atoms with E-state index in [0.717, 1.165) is 30.7 Å². The molecule has 0 saturated heterocycles. The molecule has 0 unspecified atom stereocenters. The molecule has 1 heterocycles. The Bertz CT molecular complexity index is 908. The van der Waals surface area contributed by atoms with Crippen molar-refractivity contribution in [1.82, 2.24) is 20.5 Å². The quantitative estimate of drug-likeness (QED) is 0.506. The molecule has 2 N–H and O–H groups in total. The molecule has 2 atom stereocenters. The van der Waals surface area contributed by atoms with Gasteiger partial charge in [-0.25, -0.2) is 4.98 Å². The summed E-state index contributed by atoms with van der Waals surface area (Å²) < 4.78 is 0. The van der Waals surface area contributed by atoms with Crippen molar-refractivity contribution in [3.63, 3.8) is 0 Å². The van der Waals surface area contributed by atoms with Crippen LogP contribution < -0.4 is 5.32 Å². The zero-order valence-electron chi connectivity index (χ0n) is 17.2. The van der Waals surface area contributed by atoms with Gasteiger partial charge in [0.1, 0.15) is 0 Å². The number of aromatic amines is 1. The summed E-state index contributed by atoms with van der Waals surface area (Å²) in [6.07, 6.45) is 2.87. The Morgan fingerprint density at radius 2 is 1.79 bits per heavy atom. The molecule has 6 heteroatoms. The molecule has 0 radical (unpaired) electrons. The Balaban J connectivity index is 1.49. The molecule has 3 rings (SSSR count). The highest BCUT2D eigenvalue weighted by atomic mass is 32.2. The Labute approximate surface area is 176 Å². The molecule has 152 valence electrons. The van der Waals surface area contributed by atoms with E-state index in [-0.39, 0.29) is 17.2 Å². The second kappa shape index (κ2) is 10.3. The van der Waals surface area contributed by atoms with Crippen LogP contribution in [0.4, 0.5) is 0 Å². The van der Waals surface area contributed by atoms with Gasteiger partial charge in [0, 0.05) is 11.6 Å². The highest BCUT2D eigenvalue weighted by Crippen LogP contribution is 2.23. The lowest BCUT2D eigenvalue weighted by Gasteiger charge is -2.16. The van der Waals surface area contributed by atoms with Gasteiger partial charge in [0.2, 0.25) is 11.1 Å². The number of nitrogens with zero attached hydrogens (tertiary/aromatic N) is 2. The van der Waals surface area contributed by atoms with E-state index >= 15 is 0 Å². The number of nitrogens with one attached hydrogen (secondary N) is 2. The summed E-state index contributed by atoms with van der Waals surface area (Å²) in [7, 11) is 0. The monoisotopic (exact) mass is 408 g/mol. The lowest BCUT2D eigenvalue weighted by atomic mass is 10.1. The first-order valence-electron chi connectivity index (χ1n) is 10.1. The Morgan fingerprint density at radius 3 is 2.48 bits per heavy atom. The van der Waals surface area contributed by atoms with E-state index in [1.54, 1.807) is 0 Å². The van der Waals surface area contributed by atoms with Gasteiger partial charge in [-0.2, -0.15) is 0 Å². The number of H-pyrrole nitrogens is 1. The third kappa shape index (κ3) is 6.19. The molecular formula is C23H28N4OS. The van der Waals surface area contributed by atoms with Crippen molar-refractivity contribution in [2.75, 3.05) is 0 Å². The van der Waals surface area contributed by atoms with Crippen molar-refractivity contribution in [3.8, 4) is 11.4 Å². The van der Waals surface area contributed by atoms with Gasteiger partial charge < -0.3 is 5.32 Å². The average Bonchev–Trinajstić information content (AvgIpc) is 3.21. The smallest absolute Gasteiger partial charge is 0.233 e. The molecule has 0 bridgehead atoms. The first-order chi connectivity index (χ1) is 14.0. The number of hydrogen-bond donors (Lipinski definition) is 2. The van der Waals surface area contributed by atoms with Gasteiger partial charge in [0.15, 0.2) is 5.82 Å². The fourth-order valence-electron chi connectivity index (χ4n) is 3.00. The Morgan fingerprint density at radius 1 is 1.07 bits per heavy atom. The summed E-state index contributed by atoms with van der Waals surface area (Å²) in [5.41, 5.74) is 3.57. The third-order valence-corrected chi connectivity index (χ3v) is 5.81. The number of aromatic nitrogens is 3. The molecule has 0 aliphatic heterocycles. The maximum absolute atomic E-state index is 12.5. The number of carbonyl (C=O) groups is 1. The second-order valence-corrected chi connectivity index (χ2v) is 8.52. The average molecular weight is 409 g/mol. The number of thioether (sulfide) groups is 1. The molecular weight excluding hydrogens is 380 g/mol. The van der Waals surface area contributed by atoms with Crippen LogP contribution in [0.1, 0.15) is 38.3 Å². The van der Waals surface area contributed by atoms with Gasteiger partial charge in [-0.3, -0.25) is 9.89 Å². The lowest BCUT2D eigenvalue weighted by Crippen LogP contribution is -2.37. The summed E-state index contributed by atoms with van der Waals surface area (Å²) in [6.45, 7) is 6.06. The van der Waals surface area contributed by atoms with Crippen molar-refractivity contribution in [1.29, 1.82) is 0 Å². The Hall–Kier alpha value is -2.60. The van der Waals surface area contributed by atoms with Gasteiger partial charge in [0.05, 0.1) is 5.25 Å². The molecule has 29 heavy (non-hydrogen) atoms. The minimum absolute atomic E-state index is 0.00853. The van der Waals surface area contributed by atoms with Crippen LogP contribution in [0.5, 0.6) is 0 Å². The third-order valence-electron chi connectivity index (χ3n) is 4.85. The van der Waals surface area contributed by atoms with Crippen molar-refractivity contribution in [2.45, 2.75) is 56.5 Å². The van der Waals surface area contributed by atoms with E-state index in [1.165, 1.54) is 22.9 Å². The second-order valence-electron chi connectivity index (χ2n) is 7.21. The van der Waals surface area contributed by atoms with E-state index in [0.29, 0.717) is 5.16 Å². The van der Waals surface area contributed by atoms with Crippen LogP contribution in [-0.2, 0) is 17.6 Å². The normalized spacial score (nSPS) is 13.1. The SMILES string of the molecule is CCc1ccc(-c2nc(S[C@@H](C)C(=O)N[C@H](C)CCc3ccccc3)n[nH]2)cc1. The summed E-state index contributed by atoms with van der Waals surface area (Å²) in [5, 5.41) is 10.6. The van der Waals surface area contributed by atoms with E-state index in [1.807, 2.05) is 44.2 Å². The fourth-order valence-corrected chi connectivity index (χ4v) is 3.73. The largest absolute Gasteiger partial charge is 0.353 e. The Kier molecular flexibility index (Phi) is 7.47. The van der Waals surface area contributed by atoms with Gasteiger partial charge in [-0.05, 0) is 44.2 Å². The molecule has 1 aromatic heterocycles. The van der Waals surface area contributed by atoms with Gasteiger partial charge >= 0.3 is 0 Å². The lowest BCUT2D eigenvalue weighted by molar-refractivity contribution is -0.120. The summed E-state index contributed by atoms with van der Waals surface area (Å²) in [5.74, 6) is 0.730. The number of amides is 1. The molecule has 2 aromatic carbocycles. The van der Waals surface area contributed by atoms with Crippen LogP contribution in [0, 0.1) is 0 Å². The highest BCUT2D eigenvalue weighted by Gasteiger charge is 2.19. The number of aryl methyl sites for hydroxylation is 2. The maximum Gasteiger partial charge on any atom is 0.233 e. The number of benzene rings is 2. The van der Waals surface area contributed by atoms with Crippen LogP contribution in [0.15, 0.2) is 59.8 Å². The van der Waals surface area contributed by atoms with Crippen LogP contribution in [0.3, 0.4) is 0 Å². The number of carbonyl (C=O) groups excluding carboxylic acids is 1. The minimum atomic E-state index is -0.264. The predicted octanol–water partition coefficient (Wildman–Crippen LogP) is 4.65. The molecule has 5 nitrogen and oxygen atoms in total. The van der Waals surface area contributed by atoms with Crippen molar-refractivity contribution in [3.05, 3.63) is 65.7 Å².